The van der Waals surface area contributed by atoms with Crippen LogP contribution in [0, 0.1) is 0 Å². The van der Waals surface area contributed by atoms with Crippen LogP contribution in [0.15, 0.2) is 75.0 Å². The van der Waals surface area contributed by atoms with Crippen molar-refractivity contribution >= 4 is 23.7 Å². The van der Waals surface area contributed by atoms with Gasteiger partial charge in [-0.2, -0.15) is 5.10 Å². The summed E-state index contributed by atoms with van der Waals surface area (Å²) in [4.78, 5) is 24.3. The smallest absolute Gasteiger partial charge is 0.291 e. The van der Waals surface area contributed by atoms with E-state index >= 15 is 0 Å². The van der Waals surface area contributed by atoms with Crippen LogP contribution in [-0.2, 0) is 0 Å². The number of rotatable bonds is 5. The first-order chi connectivity index (χ1) is 11.7. The Labute approximate surface area is 137 Å². The zero-order valence-corrected chi connectivity index (χ0v) is 12.4. The highest BCUT2D eigenvalue weighted by Crippen LogP contribution is 2.16. The molecule has 2 amide bonds. The van der Waals surface area contributed by atoms with E-state index in [1.807, 2.05) is 0 Å². The highest BCUT2D eigenvalue weighted by Gasteiger charge is 2.14. The minimum Gasteiger partial charge on any atom is -0.463 e. The van der Waals surface area contributed by atoms with Gasteiger partial charge < -0.3 is 14.2 Å². The molecule has 0 unspecified atom stereocenters. The third kappa shape index (κ3) is 3.58. The van der Waals surface area contributed by atoms with Gasteiger partial charge in [0.05, 0.1) is 30.0 Å². The molecule has 0 spiro atoms. The molecule has 2 N–H and O–H groups in total. The van der Waals surface area contributed by atoms with E-state index in [0.717, 1.165) is 0 Å². The number of carbonyl (C=O) groups excluding carboxylic acids is 2. The molecule has 2 heterocycles. The standard InChI is InChI=1S/C17H13N3O4/c21-16(20-18-11-12-5-3-9-23-12)13-6-1-2-7-14(13)19-17(22)15-8-4-10-24-15/h1-11H,(H,19,22)(H,20,21)/b18-11-. The number of benzene rings is 1. The van der Waals surface area contributed by atoms with E-state index in [9.17, 15) is 9.59 Å². The van der Waals surface area contributed by atoms with E-state index in [4.69, 9.17) is 8.83 Å². The molecular weight excluding hydrogens is 310 g/mol. The van der Waals surface area contributed by atoms with Crippen molar-refractivity contribution in [2.24, 2.45) is 5.10 Å². The Balaban J connectivity index is 1.71. The molecule has 0 aliphatic rings. The Bertz CT molecular complexity index is 852. The number of nitrogens with one attached hydrogen (secondary N) is 2. The highest BCUT2D eigenvalue weighted by atomic mass is 16.3. The fourth-order valence-electron chi connectivity index (χ4n) is 1.96. The average Bonchev–Trinajstić information content (AvgIpc) is 3.29. The normalized spacial score (nSPS) is 10.7. The topological polar surface area (TPSA) is 96.8 Å². The second-order valence-electron chi connectivity index (χ2n) is 4.69. The van der Waals surface area contributed by atoms with E-state index in [1.165, 1.54) is 24.8 Å². The molecule has 120 valence electrons. The van der Waals surface area contributed by atoms with Crippen LogP contribution in [0.3, 0.4) is 0 Å². The van der Waals surface area contributed by atoms with Crippen molar-refractivity contribution in [2.45, 2.75) is 0 Å². The fourth-order valence-corrected chi connectivity index (χ4v) is 1.96. The summed E-state index contributed by atoms with van der Waals surface area (Å²) in [7, 11) is 0. The first-order valence-electron chi connectivity index (χ1n) is 7.05. The summed E-state index contributed by atoms with van der Waals surface area (Å²) in [5.41, 5.74) is 3.01. The minimum absolute atomic E-state index is 0.154. The second kappa shape index (κ2) is 7.10. The quantitative estimate of drug-likeness (QED) is 0.557. The summed E-state index contributed by atoms with van der Waals surface area (Å²) < 4.78 is 10.1. The van der Waals surface area contributed by atoms with Crippen molar-refractivity contribution in [3.8, 4) is 0 Å². The third-order valence-corrected chi connectivity index (χ3v) is 3.07. The molecule has 7 nitrogen and oxygen atoms in total. The molecule has 2 aromatic heterocycles. The lowest BCUT2D eigenvalue weighted by atomic mass is 10.1. The van der Waals surface area contributed by atoms with Crippen molar-refractivity contribution < 1.29 is 18.4 Å². The van der Waals surface area contributed by atoms with Gasteiger partial charge in [0.15, 0.2) is 5.76 Å². The van der Waals surface area contributed by atoms with Gasteiger partial charge in [0.25, 0.3) is 11.8 Å². The Morgan fingerprint density at radius 2 is 1.71 bits per heavy atom. The lowest BCUT2D eigenvalue weighted by Crippen LogP contribution is -2.21. The summed E-state index contributed by atoms with van der Waals surface area (Å²) in [6.45, 7) is 0. The van der Waals surface area contributed by atoms with Crippen LogP contribution in [0.4, 0.5) is 5.69 Å². The Morgan fingerprint density at radius 1 is 0.917 bits per heavy atom. The molecule has 7 heteroatoms. The lowest BCUT2D eigenvalue weighted by Gasteiger charge is -2.08. The van der Waals surface area contributed by atoms with Gasteiger partial charge in [-0.3, -0.25) is 9.59 Å². The van der Waals surface area contributed by atoms with Crippen molar-refractivity contribution in [2.75, 3.05) is 5.32 Å². The number of hydrogen-bond acceptors (Lipinski definition) is 5. The molecule has 0 saturated heterocycles. The van der Waals surface area contributed by atoms with Gasteiger partial charge in [0.1, 0.15) is 5.76 Å². The zero-order valence-electron chi connectivity index (χ0n) is 12.4. The van der Waals surface area contributed by atoms with Crippen LogP contribution in [0.25, 0.3) is 0 Å². The molecule has 0 aliphatic heterocycles. The molecule has 0 atom stereocenters. The van der Waals surface area contributed by atoms with Crippen LogP contribution in [0.5, 0.6) is 0 Å². The highest BCUT2D eigenvalue weighted by molar-refractivity contribution is 6.07. The first kappa shape index (κ1) is 15.3. The molecule has 0 bridgehead atoms. The lowest BCUT2D eigenvalue weighted by molar-refractivity contribution is 0.0956. The van der Waals surface area contributed by atoms with Crippen LogP contribution < -0.4 is 10.7 Å². The zero-order chi connectivity index (χ0) is 16.8. The van der Waals surface area contributed by atoms with Gasteiger partial charge in [-0.25, -0.2) is 5.43 Å². The van der Waals surface area contributed by atoms with Gasteiger partial charge in [0, 0.05) is 0 Å². The van der Waals surface area contributed by atoms with Crippen molar-refractivity contribution in [3.05, 3.63) is 78.1 Å². The van der Waals surface area contributed by atoms with E-state index in [0.29, 0.717) is 11.4 Å². The number of para-hydroxylation sites is 1. The number of amides is 2. The Morgan fingerprint density at radius 3 is 2.46 bits per heavy atom. The van der Waals surface area contributed by atoms with Crippen molar-refractivity contribution in [1.82, 2.24) is 5.43 Å². The average molecular weight is 323 g/mol. The van der Waals surface area contributed by atoms with Gasteiger partial charge in [0.2, 0.25) is 0 Å². The molecule has 0 saturated carbocycles. The second-order valence-corrected chi connectivity index (χ2v) is 4.69. The van der Waals surface area contributed by atoms with Crippen LogP contribution in [0.1, 0.15) is 26.7 Å². The van der Waals surface area contributed by atoms with E-state index < -0.39 is 11.8 Å². The monoisotopic (exact) mass is 323 g/mol. The molecule has 3 aromatic rings. The number of carbonyl (C=O) groups is 2. The molecule has 0 aliphatic carbocycles. The molecule has 24 heavy (non-hydrogen) atoms. The SMILES string of the molecule is O=C(Nc1ccccc1C(=O)N/N=C\c1ccco1)c1ccco1. The summed E-state index contributed by atoms with van der Waals surface area (Å²) in [5.74, 6) is -0.247. The molecule has 0 fully saturated rings. The van der Waals surface area contributed by atoms with Crippen molar-refractivity contribution in [3.63, 3.8) is 0 Å². The summed E-state index contributed by atoms with van der Waals surface area (Å²) >= 11 is 0. The van der Waals surface area contributed by atoms with E-state index in [1.54, 1.807) is 42.5 Å². The van der Waals surface area contributed by atoms with Gasteiger partial charge in [-0.05, 0) is 36.4 Å². The maximum Gasteiger partial charge on any atom is 0.291 e. The largest absolute Gasteiger partial charge is 0.463 e. The summed E-state index contributed by atoms with van der Waals surface area (Å²) in [5, 5.41) is 6.44. The van der Waals surface area contributed by atoms with E-state index in [2.05, 4.69) is 15.8 Å². The molecule has 0 radical (unpaired) electrons. The van der Waals surface area contributed by atoms with Crippen LogP contribution >= 0.6 is 0 Å². The van der Waals surface area contributed by atoms with Gasteiger partial charge in [-0.15, -0.1) is 0 Å². The summed E-state index contributed by atoms with van der Waals surface area (Å²) in [6, 6.07) is 13.1. The first-order valence-corrected chi connectivity index (χ1v) is 7.05. The summed E-state index contributed by atoms with van der Waals surface area (Å²) in [6.07, 6.45) is 4.28. The number of furan rings is 2. The molecular formula is C17H13N3O4. The predicted octanol–water partition coefficient (Wildman–Crippen LogP) is 2.89. The van der Waals surface area contributed by atoms with Crippen LogP contribution in [-0.4, -0.2) is 18.0 Å². The Kier molecular flexibility index (Phi) is 4.52. The third-order valence-electron chi connectivity index (χ3n) is 3.07. The predicted molar refractivity (Wildman–Crippen MR) is 86.9 cm³/mol. The Hall–Kier alpha value is -3.61. The van der Waals surface area contributed by atoms with Crippen LogP contribution in [0.2, 0.25) is 0 Å². The number of hydrazone groups is 1. The minimum atomic E-state index is -0.465. The number of nitrogens with zero attached hydrogens (tertiary/aromatic N) is 1. The van der Waals surface area contributed by atoms with Gasteiger partial charge in [-0.1, -0.05) is 12.1 Å². The number of anilines is 1. The maximum atomic E-state index is 12.2. The maximum absolute atomic E-state index is 12.2. The molecule has 1 aromatic carbocycles. The molecule has 3 rings (SSSR count). The fraction of sp³-hybridized carbons (Fsp3) is 0. The number of hydrogen-bond donors (Lipinski definition) is 2. The van der Waals surface area contributed by atoms with Gasteiger partial charge >= 0.3 is 0 Å². The van der Waals surface area contributed by atoms with Crippen molar-refractivity contribution in [1.29, 1.82) is 0 Å². The van der Waals surface area contributed by atoms with E-state index in [-0.39, 0.29) is 11.3 Å².